The molecule has 1 aromatic carbocycles. The van der Waals surface area contributed by atoms with Crippen molar-refractivity contribution >= 4 is 21.6 Å². The molecule has 0 spiro atoms. The number of aromatic nitrogens is 2. The van der Waals surface area contributed by atoms with E-state index in [1.54, 1.807) is 11.3 Å². The van der Waals surface area contributed by atoms with Crippen LogP contribution in [0.2, 0.25) is 0 Å². The van der Waals surface area contributed by atoms with Gasteiger partial charge >= 0.3 is 0 Å². The van der Waals surface area contributed by atoms with E-state index in [1.165, 1.54) is 19.3 Å². The lowest BCUT2D eigenvalue weighted by Gasteiger charge is -2.10. The number of quaternary nitrogens is 1. The molecule has 126 valence electrons. The zero-order chi connectivity index (χ0) is 16.9. The van der Waals surface area contributed by atoms with Crippen molar-refractivity contribution in [1.29, 1.82) is 0 Å². The molecule has 0 fully saturated rings. The summed E-state index contributed by atoms with van der Waals surface area (Å²) in [5.41, 5.74) is 1.99. The molecule has 2 aromatic heterocycles. The van der Waals surface area contributed by atoms with Gasteiger partial charge in [0, 0.05) is 10.9 Å². The van der Waals surface area contributed by atoms with Crippen LogP contribution in [-0.4, -0.2) is 16.5 Å². The van der Waals surface area contributed by atoms with Gasteiger partial charge in [0.15, 0.2) is 5.82 Å². The number of nitrogens with two attached hydrogens (primary N) is 1. The Balaban J connectivity index is 1.88. The van der Waals surface area contributed by atoms with Crippen LogP contribution in [-0.2, 0) is 0 Å². The number of unbranched alkanes of at least 4 members (excludes halogenated alkanes) is 2. The van der Waals surface area contributed by atoms with Crippen LogP contribution >= 0.6 is 11.3 Å². The number of nitrogens with zero attached hydrogens (tertiary/aromatic N) is 1. The van der Waals surface area contributed by atoms with Crippen molar-refractivity contribution in [1.82, 2.24) is 9.97 Å². The van der Waals surface area contributed by atoms with Crippen molar-refractivity contribution in [3.63, 3.8) is 0 Å². The second-order valence-corrected chi connectivity index (χ2v) is 7.02. The summed E-state index contributed by atoms with van der Waals surface area (Å²) in [5.74, 6) is 0.769. The highest BCUT2D eigenvalue weighted by Gasteiger charge is 2.17. The lowest BCUT2D eigenvalue weighted by Crippen LogP contribution is -2.85. The zero-order valence-corrected chi connectivity index (χ0v) is 15.0. The van der Waals surface area contributed by atoms with E-state index < -0.39 is 0 Å². The van der Waals surface area contributed by atoms with Gasteiger partial charge in [-0.15, -0.1) is 11.3 Å². The fraction of sp³-hybridized carbons (Fsp3) is 0.368. The third-order valence-corrected chi connectivity index (χ3v) is 5.18. The molecule has 0 amide bonds. The molecule has 0 saturated heterocycles. The normalized spacial score (nSPS) is 12.6. The van der Waals surface area contributed by atoms with Gasteiger partial charge in [-0.25, -0.2) is 4.98 Å². The van der Waals surface area contributed by atoms with E-state index in [9.17, 15) is 4.79 Å². The monoisotopic (exact) mass is 342 g/mol. The molecule has 3 rings (SSSR count). The number of thiophene rings is 1. The molecule has 24 heavy (non-hydrogen) atoms. The van der Waals surface area contributed by atoms with E-state index in [4.69, 9.17) is 4.98 Å². The molecule has 0 bridgehead atoms. The number of aromatic amines is 1. The molecule has 0 radical (unpaired) electrons. The van der Waals surface area contributed by atoms with Crippen LogP contribution in [0.1, 0.15) is 45.0 Å². The summed E-state index contributed by atoms with van der Waals surface area (Å²) < 4.78 is 0. The first-order valence-electron chi connectivity index (χ1n) is 8.61. The number of nitrogens with one attached hydrogen (secondary N) is 1. The average molecular weight is 342 g/mol. The second kappa shape index (κ2) is 7.73. The van der Waals surface area contributed by atoms with Crippen LogP contribution < -0.4 is 10.9 Å². The van der Waals surface area contributed by atoms with Gasteiger partial charge in [0.05, 0.1) is 11.9 Å². The van der Waals surface area contributed by atoms with E-state index in [0.717, 1.165) is 28.3 Å². The quantitative estimate of drug-likeness (QED) is 0.646. The van der Waals surface area contributed by atoms with Crippen LogP contribution in [0.25, 0.3) is 21.3 Å². The fourth-order valence-corrected chi connectivity index (χ4v) is 3.84. The molecule has 5 heteroatoms. The minimum Gasteiger partial charge on any atom is -0.338 e. The van der Waals surface area contributed by atoms with Crippen molar-refractivity contribution in [2.24, 2.45) is 0 Å². The first-order valence-corrected chi connectivity index (χ1v) is 9.48. The van der Waals surface area contributed by atoms with E-state index in [2.05, 4.69) is 24.1 Å². The maximum absolute atomic E-state index is 12.6. The highest BCUT2D eigenvalue weighted by molar-refractivity contribution is 7.17. The first-order chi connectivity index (χ1) is 11.7. The predicted octanol–water partition coefficient (Wildman–Crippen LogP) is 3.47. The Hall–Kier alpha value is -1.98. The van der Waals surface area contributed by atoms with Gasteiger partial charge in [0.1, 0.15) is 10.9 Å². The van der Waals surface area contributed by atoms with Gasteiger partial charge in [-0.05, 0) is 25.3 Å². The summed E-state index contributed by atoms with van der Waals surface area (Å²) in [6.45, 7) is 5.37. The molecule has 4 nitrogen and oxygen atoms in total. The van der Waals surface area contributed by atoms with E-state index in [-0.39, 0.29) is 11.6 Å². The Morgan fingerprint density at radius 1 is 1.25 bits per heavy atom. The standard InChI is InChI=1S/C19H23N3OS/c1-3-4-8-11-20-13(2)17-21-18(23)16-15(12-24-19(16)22-17)14-9-6-5-7-10-14/h5-7,9-10,12-13,20H,3-4,8,11H2,1-2H3,(H,21,22,23)/p+1/t13-/m1/s1. The van der Waals surface area contributed by atoms with Gasteiger partial charge in [-0.1, -0.05) is 43.7 Å². The summed E-state index contributed by atoms with van der Waals surface area (Å²) in [7, 11) is 0. The predicted molar refractivity (Wildman–Crippen MR) is 100 cm³/mol. The first kappa shape index (κ1) is 16.9. The third kappa shape index (κ3) is 3.57. The van der Waals surface area contributed by atoms with Crippen LogP contribution in [0.15, 0.2) is 40.5 Å². The largest absolute Gasteiger partial charge is 0.338 e. The summed E-state index contributed by atoms with van der Waals surface area (Å²) in [6.07, 6.45) is 3.67. The van der Waals surface area contributed by atoms with E-state index >= 15 is 0 Å². The summed E-state index contributed by atoms with van der Waals surface area (Å²) in [4.78, 5) is 21.2. The van der Waals surface area contributed by atoms with E-state index in [0.29, 0.717) is 5.39 Å². The van der Waals surface area contributed by atoms with Gasteiger partial charge in [-0.3, -0.25) is 4.79 Å². The Labute approximate surface area is 146 Å². The molecule has 0 aliphatic heterocycles. The smallest absolute Gasteiger partial charge is 0.260 e. The highest BCUT2D eigenvalue weighted by atomic mass is 32.1. The molecule has 3 aromatic rings. The summed E-state index contributed by atoms with van der Waals surface area (Å²) >= 11 is 1.54. The van der Waals surface area contributed by atoms with Gasteiger partial charge in [-0.2, -0.15) is 0 Å². The SMILES string of the molecule is CCCCC[NH2+][C@H](C)c1nc2scc(-c3ccccc3)c2c(=O)[nH]1. The topological polar surface area (TPSA) is 62.4 Å². The maximum Gasteiger partial charge on any atom is 0.260 e. The van der Waals surface area contributed by atoms with Crippen LogP contribution in [0.4, 0.5) is 0 Å². The number of fused-ring (bicyclic) bond motifs is 1. The van der Waals surface area contributed by atoms with Gasteiger partial charge < -0.3 is 10.3 Å². The Morgan fingerprint density at radius 3 is 2.79 bits per heavy atom. The van der Waals surface area contributed by atoms with Crippen molar-refractivity contribution in [3.05, 3.63) is 51.9 Å². The molecule has 2 heterocycles. The highest BCUT2D eigenvalue weighted by Crippen LogP contribution is 2.30. The number of rotatable bonds is 7. The lowest BCUT2D eigenvalue weighted by atomic mass is 10.1. The van der Waals surface area contributed by atoms with Crippen molar-refractivity contribution in [2.75, 3.05) is 6.54 Å². The molecule has 0 saturated carbocycles. The third-order valence-electron chi connectivity index (χ3n) is 4.31. The molecule has 0 aliphatic rings. The summed E-state index contributed by atoms with van der Waals surface area (Å²) in [6, 6.07) is 10.2. The number of benzene rings is 1. The zero-order valence-electron chi connectivity index (χ0n) is 14.2. The van der Waals surface area contributed by atoms with Crippen LogP contribution in [0.3, 0.4) is 0 Å². The van der Waals surface area contributed by atoms with Crippen molar-refractivity contribution in [2.45, 2.75) is 39.2 Å². The molecule has 0 unspecified atom stereocenters. The van der Waals surface area contributed by atoms with Gasteiger partial charge in [0.2, 0.25) is 0 Å². The molecular formula is C19H24N3OS+. The minimum absolute atomic E-state index is 0.0380. The maximum atomic E-state index is 12.6. The molecule has 0 aliphatic carbocycles. The lowest BCUT2D eigenvalue weighted by molar-refractivity contribution is -0.694. The Kier molecular flexibility index (Phi) is 5.43. The Morgan fingerprint density at radius 2 is 2.04 bits per heavy atom. The fourth-order valence-electron chi connectivity index (χ4n) is 2.89. The van der Waals surface area contributed by atoms with Crippen LogP contribution in [0, 0.1) is 0 Å². The molecular weight excluding hydrogens is 318 g/mol. The van der Waals surface area contributed by atoms with Gasteiger partial charge in [0.25, 0.3) is 5.56 Å². The Bertz CT molecular complexity index is 854. The minimum atomic E-state index is -0.0380. The van der Waals surface area contributed by atoms with Crippen LogP contribution in [0.5, 0.6) is 0 Å². The second-order valence-electron chi connectivity index (χ2n) is 6.17. The number of hydrogen-bond donors (Lipinski definition) is 2. The summed E-state index contributed by atoms with van der Waals surface area (Å²) in [5, 5.41) is 4.99. The number of H-pyrrole nitrogens is 1. The van der Waals surface area contributed by atoms with Crippen molar-refractivity contribution in [3.8, 4) is 11.1 Å². The molecule has 1 atom stereocenters. The average Bonchev–Trinajstić information content (AvgIpc) is 3.04. The number of hydrogen-bond acceptors (Lipinski definition) is 3. The van der Waals surface area contributed by atoms with E-state index in [1.807, 2.05) is 35.7 Å². The van der Waals surface area contributed by atoms with Crippen molar-refractivity contribution < 1.29 is 5.32 Å². The molecule has 3 N–H and O–H groups in total.